The molecule has 134 valence electrons. The topological polar surface area (TPSA) is 120 Å². The van der Waals surface area contributed by atoms with Gasteiger partial charge in [-0.05, 0) is 18.1 Å². The summed E-state index contributed by atoms with van der Waals surface area (Å²) in [5, 5.41) is 12.3. The molecule has 0 unspecified atom stereocenters. The van der Waals surface area contributed by atoms with Gasteiger partial charge in [-0.3, -0.25) is 19.5 Å². The van der Waals surface area contributed by atoms with Crippen molar-refractivity contribution in [1.29, 1.82) is 0 Å². The van der Waals surface area contributed by atoms with Crippen LogP contribution in [0.5, 0.6) is 0 Å². The summed E-state index contributed by atoms with van der Waals surface area (Å²) < 4.78 is 0. The predicted molar refractivity (Wildman–Crippen MR) is 98.2 cm³/mol. The minimum Gasteiger partial charge on any atom is -0.360 e. The van der Waals surface area contributed by atoms with Gasteiger partial charge in [0.2, 0.25) is 11.3 Å². The molecule has 0 aliphatic rings. The maximum Gasteiger partial charge on any atom is 0.257 e. The first kappa shape index (κ1) is 17.4. The molecule has 0 atom stereocenters. The molecule has 8 nitrogen and oxygen atoms in total. The maximum atomic E-state index is 12.4. The molecule has 0 spiro atoms. The monoisotopic (exact) mass is 353 g/mol. The van der Waals surface area contributed by atoms with Crippen LogP contribution in [-0.2, 0) is 4.79 Å². The summed E-state index contributed by atoms with van der Waals surface area (Å²) in [6.07, 6.45) is 1.35. The Morgan fingerprint density at radius 3 is 2.73 bits per heavy atom. The van der Waals surface area contributed by atoms with Crippen molar-refractivity contribution in [1.82, 2.24) is 20.5 Å². The van der Waals surface area contributed by atoms with Gasteiger partial charge in [0.15, 0.2) is 5.82 Å². The lowest BCUT2D eigenvalue weighted by atomic mass is 10.1. The number of carbonyl (C=O) groups is 2. The molecule has 2 heterocycles. The van der Waals surface area contributed by atoms with Crippen LogP contribution in [0.1, 0.15) is 35.8 Å². The van der Waals surface area contributed by atoms with E-state index in [0.717, 1.165) is 5.69 Å². The van der Waals surface area contributed by atoms with E-state index in [1.807, 2.05) is 13.8 Å². The van der Waals surface area contributed by atoms with Crippen LogP contribution < -0.4 is 16.1 Å². The zero-order valence-corrected chi connectivity index (χ0v) is 14.4. The molecule has 0 saturated carbocycles. The first-order valence-electron chi connectivity index (χ1n) is 8.19. The van der Waals surface area contributed by atoms with Crippen LogP contribution in [0.2, 0.25) is 0 Å². The fourth-order valence-corrected chi connectivity index (χ4v) is 2.48. The summed E-state index contributed by atoms with van der Waals surface area (Å²) in [6.45, 7) is 3.73. The Balaban J connectivity index is 1.64. The van der Waals surface area contributed by atoms with E-state index >= 15 is 0 Å². The maximum absolute atomic E-state index is 12.4. The molecule has 0 aliphatic heterocycles. The van der Waals surface area contributed by atoms with Gasteiger partial charge in [-0.1, -0.05) is 26.0 Å². The van der Waals surface area contributed by atoms with Gasteiger partial charge in [0.05, 0.1) is 6.54 Å². The molecular weight excluding hydrogens is 334 g/mol. The highest BCUT2D eigenvalue weighted by Gasteiger charge is 2.14. The van der Waals surface area contributed by atoms with Gasteiger partial charge < -0.3 is 15.6 Å². The number of para-hydroxylation sites is 1. The van der Waals surface area contributed by atoms with Crippen LogP contribution in [0.25, 0.3) is 10.9 Å². The number of hydrogen-bond donors (Lipinski definition) is 4. The Hall–Kier alpha value is -3.42. The third kappa shape index (κ3) is 3.64. The number of aromatic amines is 2. The minimum absolute atomic E-state index is 0.0432. The van der Waals surface area contributed by atoms with Crippen molar-refractivity contribution in [3.8, 4) is 0 Å². The molecule has 0 fully saturated rings. The van der Waals surface area contributed by atoms with Gasteiger partial charge >= 0.3 is 0 Å². The van der Waals surface area contributed by atoms with Crippen molar-refractivity contribution in [2.24, 2.45) is 0 Å². The molecule has 3 aromatic rings. The molecule has 2 amide bonds. The molecule has 0 radical (unpaired) electrons. The van der Waals surface area contributed by atoms with E-state index in [1.54, 1.807) is 30.3 Å². The number of nitrogens with zero attached hydrogens (tertiary/aromatic N) is 1. The van der Waals surface area contributed by atoms with Crippen molar-refractivity contribution in [2.75, 3.05) is 11.9 Å². The average molecular weight is 353 g/mol. The van der Waals surface area contributed by atoms with Gasteiger partial charge in [0.1, 0.15) is 5.56 Å². The highest BCUT2D eigenvalue weighted by atomic mass is 16.2. The van der Waals surface area contributed by atoms with Crippen LogP contribution >= 0.6 is 0 Å². The van der Waals surface area contributed by atoms with Crippen LogP contribution in [0.4, 0.5) is 5.82 Å². The van der Waals surface area contributed by atoms with E-state index in [1.165, 1.54) is 6.20 Å². The number of nitrogens with one attached hydrogen (secondary N) is 4. The molecule has 0 bridgehead atoms. The van der Waals surface area contributed by atoms with Crippen molar-refractivity contribution < 1.29 is 9.59 Å². The van der Waals surface area contributed by atoms with Gasteiger partial charge in [-0.2, -0.15) is 5.10 Å². The largest absolute Gasteiger partial charge is 0.360 e. The second kappa shape index (κ2) is 7.22. The Kier molecular flexibility index (Phi) is 4.83. The number of H-pyrrole nitrogens is 2. The van der Waals surface area contributed by atoms with Gasteiger partial charge in [0.25, 0.3) is 5.91 Å². The molecule has 26 heavy (non-hydrogen) atoms. The first-order valence-corrected chi connectivity index (χ1v) is 8.19. The molecule has 4 N–H and O–H groups in total. The second-order valence-electron chi connectivity index (χ2n) is 6.17. The normalized spacial score (nSPS) is 10.9. The molecule has 2 aromatic heterocycles. The van der Waals surface area contributed by atoms with Crippen molar-refractivity contribution >= 4 is 28.5 Å². The van der Waals surface area contributed by atoms with E-state index in [-0.39, 0.29) is 23.5 Å². The molecule has 3 rings (SSSR count). The number of benzene rings is 1. The second-order valence-corrected chi connectivity index (χ2v) is 6.17. The molecule has 1 aromatic carbocycles. The number of fused-ring (bicyclic) bond motifs is 1. The van der Waals surface area contributed by atoms with Crippen molar-refractivity contribution in [3.63, 3.8) is 0 Å². The lowest BCUT2D eigenvalue weighted by Gasteiger charge is -2.06. The highest BCUT2D eigenvalue weighted by molar-refractivity contribution is 6.00. The average Bonchev–Trinajstić information content (AvgIpc) is 3.09. The van der Waals surface area contributed by atoms with E-state index in [2.05, 4.69) is 25.8 Å². The third-order valence-electron chi connectivity index (χ3n) is 3.93. The number of carbonyl (C=O) groups excluding carboxylic acids is 2. The summed E-state index contributed by atoms with van der Waals surface area (Å²) in [7, 11) is 0. The van der Waals surface area contributed by atoms with Crippen LogP contribution in [-0.4, -0.2) is 33.5 Å². The van der Waals surface area contributed by atoms with E-state index in [0.29, 0.717) is 16.7 Å². The molecule has 8 heteroatoms. The smallest absolute Gasteiger partial charge is 0.257 e. The lowest BCUT2D eigenvalue weighted by Crippen LogP contribution is -2.35. The zero-order chi connectivity index (χ0) is 18.7. The third-order valence-corrected chi connectivity index (χ3v) is 3.93. The standard InChI is InChI=1S/C18H19N5O3/c1-10(2)14-7-15(23-22-14)21-16(24)9-20-18(26)12-8-19-13-6-4-3-5-11(13)17(12)25/h3-8,10H,9H2,1-2H3,(H,19,25)(H,20,26)(H2,21,22,23,24). The number of rotatable bonds is 5. The SMILES string of the molecule is CC(C)c1cc(NC(=O)CNC(=O)c2c[nH]c3ccccc3c2=O)n[nH]1. The van der Waals surface area contributed by atoms with Crippen LogP contribution in [0.3, 0.4) is 0 Å². The highest BCUT2D eigenvalue weighted by Crippen LogP contribution is 2.14. The first-order chi connectivity index (χ1) is 12.5. The Morgan fingerprint density at radius 1 is 1.23 bits per heavy atom. The number of aromatic nitrogens is 3. The Labute approximate surface area is 149 Å². The van der Waals surface area contributed by atoms with Crippen LogP contribution in [0.15, 0.2) is 41.3 Å². The summed E-state index contributed by atoms with van der Waals surface area (Å²) >= 11 is 0. The molecular formula is C18H19N5O3. The van der Waals surface area contributed by atoms with E-state index in [9.17, 15) is 14.4 Å². The van der Waals surface area contributed by atoms with Gasteiger partial charge in [0, 0.05) is 28.9 Å². The summed E-state index contributed by atoms with van der Waals surface area (Å²) in [6, 6.07) is 8.64. The fourth-order valence-electron chi connectivity index (χ4n) is 2.48. The summed E-state index contributed by atoms with van der Waals surface area (Å²) in [5.74, 6) is -0.404. The predicted octanol–water partition coefficient (Wildman–Crippen LogP) is 1.74. The summed E-state index contributed by atoms with van der Waals surface area (Å²) in [4.78, 5) is 39.5. The number of pyridine rings is 1. The number of anilines is 1. The zero-order valence-electron chi connectivity index (χ0n) is 14.4. The minimum atomic E-state index is -0.614. The van der Waals surface area contributed by atoms with Gasteiger partial charge in [-0.25, -0.2) is 0 Å². The van der Waals surface area contributed by atoms with Crippen LogP contribution in [0, 0.1) is 0 Å². The quantitative estimate of drug-likeness (QED) is 0.558. The Bertz CT molecular complexity index is 1020. The molecule has 0 aliphatic carbocycles. The molecule has 0 saturated heterocycles. The fraction of sp³-hybridized carbons (Fsp3) is 0.222. The number of amides is 2. The number of hydrogen-bond acceptors (Lipinski definition) is 4. The Morgan fingerprint density at radius 2 is 2.00 bits per heavy atom. The lowest BCUT2D eigenvalue weighted by molar-refractivity contribution is -0.115. The van der Waals surface area contributed by atoms with Gasteiger partial charge in [-0.15, -0.1) is 0 Å². The van der Waals surface area contributed by atoms with E-state index < -0.39 is 11.8 Å². The van der Waals surface area contributed by atoms with E-state index in [4.69, 9.17) is 0 Å². The summed E-state index contributed by atoms with van der Waals surface area (Å²) in [5.41, 5.74) is 1.11. The van der Waals surface area contributed by atoms with Crippen molar-refractivity contribution in [2.45, 2.75) is 19.8 Å². The van der Waals surface area contributed by atoms with Crippen molar-refractivity contribution in [3.05, 3.63) is 58.0 Å².